The second-order valence-electron chi connectivity index (χ2n) is 7.54. The van der Waals surface area contributed by atoms with Crippen molar-refractivity contribution in [2.75, 3.05) is 26.2 Å². The lowest BCUT2D eigenvalue weighted by Gasteiger charge is -2.22. The number of carbonyl (C=O) groups is 1. The minimum atomic E-state index is -4.56. The molecule has 0 aromatic heterocycles. The molecule has 0 spiro atoms. The van der Waals surface area contributed by atoms with E-state index in [0.717, 1.165) is 6.07 Å². The molecule has 0 unspecified atom stereocenters. The van der Waals surface area contributed by atoms with Crippen molar-refractivity contribution >= 4 is 26.0 Å². The molecule has 16 heteroatoms. The molecule has 1 saturated heterocycles. The fourth-order valence-electron chi connectivity index (χ4n) is 3.52. The highest BCUT2D eigenvalue weighted by Crippen LogP contribution is 2.36. The summed E-state index contributed by atoms with van der Waals surface area (Å²) in [6.45, 7) is 0.733. The molecule has 0 aliphatic carbocycles. The van der Waals surface area contributed by atoms with Gasteiger partial charge >= 0.3 is 0 Å². The van der Waals surface area contributed by atoms with Crippen LogP contribution in [0.3, 0.4) is 0 Å². The molecule has 192 valence electrons. The molecule has 14 nitrogen and oxygen atoms in total. The molecule has 1 aliphatic rings. The van der Waals surface area contributed by atoms with Crippen LogP contribution in [0.4, 0.5) is 0 Å². The summed E-state index contributed by atoms with van der Waals surface area (Å²) >= 11 is 0. The molecule has 1 fully saturated rings. The number of benzene rings is 2. The van der Waals surface area contributed by atoms with Crippen molar-refractivity contribution in [2.24, 2.45) is 16.6 Å². The van der Waals surface area contributed by atoms with Gasteiger partial charge in [-0.3, -0.25) is 4.79 Å². The Hall–Kier alpha value is -2.51. The van der Waals surface area contributed by atoms with E-state index in [-0.39, 0.29) is 24.6 Å². The predicted molar refractivity (Wildman–Crippen MR) is 129 cm³/mol. The van der Waals surface area contributed by atoms with Crippen LogP contribution in [0, 0.1) is 0 Å². The highest BCUT2D eigenvalue weighted by atomic mass is 32.2. The van der Waals surface area contributed by atoms with Gasteiger partial charge < -0.3 is 16.8 Å². The van der Waals surface area contributed by atoms with Crippen LogP contribution in [-0.2, 0) is 20.0 Å². The molecule has 1 heterocycles. The Morgan fingerprint density at radius 2 is 1.69 bits per heavy atom. The number of sulfonamides is 2. The first-order valence-corrected chi connectivity index (χ1v) is 13.6. The van der Waals surface area contributed by atoms with E-state index in [9.17, 15) is 21.6 Å². The Balaban J connectivity index is 2.21. The van der Waals surface area contributed by atoms with E-state index in [0.29, 0.717) is 36.2 Å². The number of hydrazine groups is 3. The van der Waals surface area contributed by atoms with E-state index in [2.05, 4.69) is 32.0 Å². The van der Waals surface area contributed by atoms with Gasteiger partial charge in [0.25, 0.3) is 5.91 Å². The predicted octanol–water partition coefficient (Wildman–Crippen LogP) is -2.57. The van der Waals surface area contributed by atoms with Crippen LogP contribution < -0.4 is 48.6 Å². The molecule has 12 N–H and O–H groups in total. The lowest BCUT2D eigenvalue weighted by molar-refractivity contribution is 0.0953. The van der Waals surface area contributed by atoms with Crippen molar-refractivity contribution < 1.29 is 21.6 Å². The van der Waals surface area contributed by atoms with Gasteiger partial charge in [0.15, 0.2) is 0 Å². The minimum Gasteiger partial charge on any atom is -0.352 e. The van der Waals surface area contributed by atoms with Gasteiger partial charge in [0, 0.05) is 30.8 Å². The summed E-state index contributed by atoms with van der Waals surface area (Å²) in [6, 6.07) is 9.08. The summed E-state index contributed by atoms with van der Waals surface area (Å²) in [5.74, 6) is -0.334. The summed E-state index contributed by atoms with van der Waals surface area (Å²) in [5.41, 5.74) is 22.7. The van der Waals surface area contributed by atoms with Gasteiger partial charge in [0.1, 0.15) is 16.0 Å². The molecular formula is C19H29N9O5S2. The summed E-state index contributed by atoms with van der Waals surface area (Å²) < 4.78 is 53.6. The normalized spacial score (nSPS) is 14.8. The lowest BCUT2D eigenvalue weighted by Crippen LogP contribution is -2.33. The van der Waals surface area contributed by atoms with Gasteiger partial charge in [-0.2, -0.15) is 11.1 Å². The number of rotatable bonds is 11. The smallest absolute Gasteiger partial charge is 0.251 e. The molecule has 1 aliphatic heterocycles. The van der Waals surface area contributed by atoms with Crippen molar-refractivity contribution in [3.05, 3.63) is 47.5 Å². The monoisotopic (exact) mass is 527 g/mol. The number of nitrogens with two attached hydrogens (primary N) is 3. The summed E-state index contributed by atoms with van der Waals surface area (Å²) in [5, 5.41) is 8.28. The van der Waals surface area contributed by atoms with Gasteiger partial charge in [-0.1, -0.05) is 18.2 Å². The van der Waals surface area contributed by atoms with Gasteiger partial charge in [-0.05, 0) is 42.3 Å². The maximum absolute atomic E-state index is 12.9. The number of amides is 1. The number of hydrogen-bond donors (Lipinski definition) is 9. The molecule has 2 aromatic rings. The van der Waals surface area contributed by atoms with Crippen LogP contribution in [0.1, 0.15) is 28.5 Å². The quantitative estimate of drug-likeness (QED) is 0.138. The fourth-order valence-corrected chi connectivity index (χ4v) is 6.23. The zero-order valence-electron chi connectivity index (χ0n) is 18.7. The van der Waals surface area contributed by atoms with E-state index in [1.54, 1.807) is 24.3 Å². The van der Waals surface area contributed by atoms with Crippen molar-refractivity contribution in [2.45, 2.75) is 22.4 Å². The average Bonchev–Trinajstić information content (AvgIpc) is 3.36. The highest BCUT2D eigenvalue weighted by molar-refractivity contribution is 7.92. The molecule has 35 heavy (non-hydrogen) atoms. The topological polar surface area (TPSA) is 236 Å². The standard InChI is InChI=1S/C19H29N9O5S2/c20-7-2-9-23-19(29)13-4-1-3-12(11-13)14-5-6-15(35(32,33)24-10-8-21)17(34(22,30)31)16(14)18-25-27-28-26-18/h1,3-6,11,18,24-28H,2,7-10,20-21H2,(H,23,29)(H2,22,30,31). The van der Waals surface area contributed by atoms with Crippen LogP contribution in [0.15, 0.2) is 46.2 Å². The maximum atomic E-state index is 12.9. The van der Waals surface area contributed by atoms with Gasteiger partial charge in [-0.15, -0.1) is 0 Å². The van der Waals surface area contributed by atoms with Crippen molar-refractivity contribution in [1.82, 2.24) is 32.0 Å². The first-order valence-electron chi connectivity index (χ1n) is 10.6. The van der Waals surface area contributed by atoms with Crippen LogP contribution in [0.2, 0.25) is 0 Å². The molecular weight excluding hydrogens is 498 g/mol. The van der Waals surface area contributed by atoms with Crippen molar-refractivity contribution in [1.29, 1.82) is 0 Å². The second kappa shape index (κ2) is 11.5. The Morgan fingerprint density at radius 3 is 2.31 bits per heavy atom. The van der Waals surface area contributed by atoms with Gasteiger partial charge in [-0.25, -0.2) is 37.5 Å². The lowest BCUT2D eigenvalue weighted by atomic mass is 9.96. The van der Waals surface area contributed by atoms with E-state index in [1.807, 2.05) is 0 Å². The number of carbonyl (C=O) groups excluding carboxylic acids is 1. The SMILES string of the molecule is NCCCNC(=O)c1cccc(-c2ccc(S(=O)(=O)NCCN)c(S(N)(=O)=O)c2C2NNNN2)c1. The zero-order chi connectivity index (χ0) is 25.6. The number of primary sulfonamides is 1. The summed E-state index contributed by atoms with van der Waals surface area (Å²) in [6.07, 6.45) is -0.300. The van der Waals surface area contributed by atoms with Crippen molar-refractivity contribution in [3.8, 4) is 11.1 Å². The first kappa shape index (κ1) is 27.1. The van der Waals surface area contributed by atoms with E-state index >= 15 is 0 Å². The van der Waals surface area contributed by atoms with Crippen LogP contribution in [0.5, 0.6) is 0 Å². The third kappa shape index (κ3) is 6.39. The summed E-state index contributed by atoms with van der Waals surface area (Å²) in [7, 11) is -8.84. The molecule has 0 saturated carbocycles. The second-order valence-corrected chi connectivity index (χ2v) is 10.8. The minimum absolute atomic E-state index is 0.00852. The summed E-state index contributed by atoms with van der Waals surface area (Å²) in [4.78, 5) is 11.4. The third-order valence-electron chi connectivity index (χ3n) is 5.06. The average molecular weight is 528 g/mol. The Labute approximate surface area is 203 Å². The first-order chi connectivity index (χ1) is 16.6. The largest absolute Gasteiger partial charge is 0.352 e. The third-order valence-corrected chi connectivity index (χ3v) is 7.70. The Kier molecular flexibility index (Phi) is 8.89. The molecule has 0 radical (unpaired) electrons. The molecule has 0 bridgehead atoms. The Bertz CT molecular complexity index is 1280. The van der Waals surface area contributed by atoms with E-state index in [1.165, 1.54) is 6.07 Å². The maximum Gasteiger partial charge on any atom is 0.251 e. The molecule has 0 atom stereocenters. The van der Waals surface area contributed by atoms with E-state index in [4.69, 9.17) is 16.6 Å². The van der Waals surface area contributed by atoms with Gasteiger partial charge in [0.2, 0.25) is 20.0 Å². The molecule has 1 amide bonds. The van der Waals surface area contributed by atoms with Gasteiger partial charge in [0.05, 0.1) is 0 Å². The number of nitrogens with one attached hydrogen (secondary N) is 6. The van der Waals surface area contributed by atoms with Crippen LogP contribution in [-0.4, -0.2) is 48.9 Å². The number of hydrogen-bond acceptors (Lipinski definition) is 11. The van der Waals surface area contributed by atoms with Crippen LogP contribution >= 0.6 is 0 Å². The van der Waals surface area contributed by atoms with Crippen LogP contribution in [0.25, 0.3) is 11.1 Å². The molecule has 3 rings (SSSR count). The molecule has 2 aromatic carbocycles. The highest BCUT2D eigenvalue weighted by Gasteiger charge is 2.34. The Morgan fingerprint density at radius 1 is 0.971 bits per heavy atom. The fraction of sp³-hybridized carbons (Fsp3) is 0.316. The van der Waals surface area contributed by atoms with E-state index < -0.39 is 36.0 Å². The van der Waals surface area contributed by atoms with Crippen molar-refractivity contribution in [3.63, 3.8) is 0 Å². The zero-order valence-corrected chi connectivity index (χ0v) is 20.3.